The zero-order chi connectivity index (χ0) is 24.8. The maximum absolute atomic E-state index is 13.3. The minimum absolute atomic E-state index is 0.0243. The Labute approximate surface area is 196 Å². The number of ketones is 2. The number of carbonyl (C=O) groups is 4. The second kappa shape index (κ2) is 11.1. The molecule has 10 heteroatoms. The van der Waals surface area contributed by atoms with Crippen molar-refractivity contribution in [1.29, 1.82) is 0 Å². The van der Waals surface area contributed by atoms with Crippen molar-refractivity contribution >= 4 is 23.8 Å². The smallest absolute Gasteiger partial charge is 0.410 e. The Hall–Kier alpha value is -2.46. The summed E-state index contributed by atoms with van der Waals surface area (Å²) in [5, 5.41) is 6.47. The summed E-state index contributed by atoms with van der Waals surface area (Å²) in [6, 6.07) is 0.0243. The quantitative estimate of drug-likeness (QED) is 0.596. The zero-order valence-electron chi connectivity index (χ0n) is 20.6. The van der Waals surface area contributed by atoms with E-state index in [9.17, 15) is 19.2 Å². The lowest BCUT2D eigenvalue weighted by atomic mass is 9.82. The van der Waals surface area contributed by atoms with Gasteiger partial charge in [0.1, 0.15) is 18.8 Å². The molecular weight excluding hydrogens is 428 g/mol. The van der Waals surface area contributed by atoms with Gasteiger partial charge in [-0.3, -0.25) is 20.2 Å². The Morgan fingerprint density at radius 2 is 1.64 bits per heavy atom. The molecule has 2 bridgehead atoms. The average molecular weight is 467 g/mol. The molecule has 10 nitrogen and oxygen atoms in total. The van der Waals surface area contributed by atoms with Crippen LogP contribution in [0.1, 0.15) is 41.0 Å². The molecule has 0 spiro atoms. The van der Waals surface area contributed by atoms with Crippen molar-refractivity contribution in [2.24, 2.45) is 5.92 Å². The van der Waals surface area contributed by atoms with Gasteiger partial charge in [-0.15, -0.1) is 0 Å². The number of nitrogens with zero attached hydrogens (tertiary/aromatic N) is 2. The number of rotatable bonds is 4. The number of fused-ring (bicyclic) bond motifs is 13. The van der Waals surface area contributed by atoms with Crippen LogP contribution in [0.4, 0.5) is 9.59 Å². The Morgan fingerprint density at radius 3 is 2.18 bits per heavy atom. The van der Waals surface area contributed by atoms with E-state index >= 15 is 0 Å². The molecule has 0 radical (unpaired) electrons. The minimum atomic E-state index is -1.01. The molecule has 33 heavy (non-hydrogen) atoms. The maximum Gasteiger partial charge on any atom is 0.410 e. The van der Waals surface area contributed by atoms with Crippen molar-refractivity contribution in [3.8, 4) is 0 Å². The maximum atomic E-state index is 13.3. The SMILES string of the molecule is CC(C)NC12CN(C1)C(=O)OCC=CCOC(=O)N(C)CC[C@@](C)(C(=O)C(C)C)NCC2=O. The van der Waals surface area contributed by atoms with Crippen molar-refractivity contribution in [1.82, 2.24) is 20.4 Å². The van der Waals surface area contributed by atoms with Gasteiger partial charge in [-0.05, 0) is 39.3 Å². The number of carbonyl (C=O) groups excluding carboxylic acids is 4. The Balaban J connectivity index is 2.26. The van der Waals surface area contributed by atoms with Crippen LogP contribution in [0.2, 0.25) is 0 Å². The van der Waals surface area contributed by atoms with E-state index in [1.54, 1.807) is 26.1 Å². The van der Waals surface area contributed by atoms with Crippen LogP contribution in [0.3, 0.4) is 0 Å². The first kappa shape index (κ1) is 26.8. The molecule has 0 aromatic carbocycles. The molecule has 0 aliphatic carbocycles. The first-order chi connectivity index (χ1) is 15.4. The molecule has 3 aliphatic rings. The van der Waals surface area contributed by atoms with Crippen molar-refractivity contribution in [3.05, 3.63) is 12.2 Å². The lowest BCUT2D eigenvalue weighted by molar-refractivity contribution is -0.133. The molecule has 1 atom stereocenters. The molecule has 186 valence electrons. The highest BCUT2D eigenvalue weighted by Crippen LogP contribution is 2.25. The summed E-state index contributed by atoms with van der Waals surface area (Å²) in [5.41, 5.74) is -1.91. The summed E-state index contributed by atoms with van der Waals surface area (Å²) >= 11 is 0. The van der Waals surface area contributed by atoms with Crippen molar-refractivity contribution in [2.45, 2.75) is 58.2 Å². The topological polar surface area (TPSA) is 117 Å². The standard InChI is InChI=1S/C23H38N4O6/c1-16(2)19(29)22(5)9-10-26(6)20(30)32-11-7-8-12-33-21(31)27-14-23(15-27,25-17(3)4)18(28)13-24-22/h7-8,16-17,24-25H,9-15H2,1-6H3/t22-/m0/s1. The molecule has 3 heterocycles. The summed E-state index contributed by atoms with van der Waals surface area (Å²) in [6.07, 6.45) is 2.48. The summed E-state index contributed by atoms with van der Waals surface area (Å²) in [7, 11) is 1.60. The van der Waals surface area contributed by atoms with Crippen LogP contribution >= 0.6 is 0 Å². The van der Waals surface area contributed by atoms with Gasteiger partial charge in [0.05, 0.1) is 25.2 Å². The lowest BCUT2D eigenvalue weighted by Gasteiger charge is -2.49. The first-order valence-electron chi connectivity index (χ1n) is 11.4. The number of Topliss-reactive ketones (excluding diaryl/α,β-unsaturated/α-hetero) is 2. The van der Waals surface area contributed by atoms with Crippen molar-refractivity contribution in [2.75, 3.05) is 46.4 Å². The summed E-state index contributed by atoms with van der Waals surface area (Å²) in [6.45, 7) is 9.96. The van der Waals surface area contributed by atoms with E-state index in [0.717, 1.165) is 0 Å². The van der Waals surface area contributed by atoms with E-state index in [1.165, 1.54) is 9.80 Å². The fourth-order valence-electron chi connectivity index (χ4n) is 4.07. The number of hydrogen-bond donors (Lipinski definition) is 2. The summed E-state index contributed by atoms with van der Waals surface area (Å²) in [4.78, 5) is 53.7. The molecule has 0 aromatic rings. The van der Waals surface area contributed by atoms with E-state index in [4.69, 9.17) is 9.47 Å². The lowest BCUT2D eigenvalue weighted by Crippen LogP contribution is -2.76. The monoisotopic (exact) mass is 466 g/mol. The van der Waals surface area contributed by atoms with Gasteiger partial charge in [0.15, 0.2) is 11.6 Å². The Bertz CT molecular complexity index is 775. The van der Waals surface area contributed by atoms with Gasteiger partial charge in [-0.2, -0.15) is 0 Å². The highest BCUT2D eigenvalue weighted by Gasteiger charge is 2.51. The molecule has 0 aromatic heterocycles. The molecule has 3 rings (SSSR count). The number of amides is 2. The van der Waals surface area contributed by atoms with Crippen molar-refractivity contribution < 1.29 is 28.7 Å². The van der Waals surface area contributed by atoms with Gasteiger partial charge < -0.3 is 19.3 Å². The summed E-state index contributed by atoms with van der Waals surface area (Å²) < 4.78 is 10.4. The highest BCUT2D eigenvalue weighted by atomic mass is 16.6. The molecule has 2 amide bonds. The van der Waals surface area contributed by atoms with Gasteiger partial charge in [-0.25, -0.2) is 9.59 Å². The predicted octanol–water partition coefficient (Wildman–Crippen LogP) is 1.35. The van der Waals surface area contributed by atoms with E-state index in [1.807, 2.05) is 27.7 Å². The van der Waals surface area contributed by atoms with Gasteiger partial charge in [0, 0.05) is 25.6 Å². The van der Waals surface area contributed by atoms with E-state index in [2.05, 4.69) is 10.6 Å². The van der Waals surface area contributed by atoms with Crippen LogP contribution in [0.15, 0.2) is 12.2 Å². The first-order valence-corrected chi connectivity index (χ1v) is 11.4. The Kier molecular flexibility index (Phi) is 9.02. The van der Waals surface area contributed by atoms with Crippen molar-refractivity contribution in [3.63, 3.8) is 0 Å². The van der Waals surface area contributed by atoms with Crippen LogP contribution in [-0.4, -0.2) is 97.1 Å². The Morgan fingerprint density at radius 1 is 1.06 bits per heavy atom. The number of hydrogen-bond acceptors (Lipinski definition) is 8. The van der Waals surface area contributed by atoms with Gasteiger partial charge in [-0.1, -0.05) is 13.8 Å². The third-order valence-electron chi connectivity index (χ3n) is 6.02. The van der Waals surface area contributed by atoms with Crippen LogP contribution in [0.5, 0.6) is 0 Å². The average Bonchev–Trinajstić information content (AvgIpc) is 2.72. The highest BCUT2D eigenvalue weighted by molar-refractivity contribution is 5.95. The normalized spacial score (nSPS) is 28.2. The third-order valence-corrected chi connectivity index (χ3v) is 6.02. The van der Waals surface area contributed by atoms with Crippen LogP contribution < -0.4 is 10.6 Å². The molecule has 0 saturated carbocycles. The number of nitrogens with one attached hydrogen (secondary N) is 2. The van der Waals surface area contributed by atoms with E-state index in [0.29, 0.717) is 6.42 Å². The fraction of sp³-hybridized carbons (Fsp3) is 0.739. The molecule has 3 aliphatic heterocycles. The minimum Gasteiger partial charge on any atom is -0.445 e. The molecule has 1 fully saturated rings. The van der Waals surface area contributed by atoms with E-state index < -0.39 is 23.3 Å². The van der Waals surface area contributed by atoms with Gasteiger partial charge >= 0.3 is 12.2 Å². The fourth-order valence-corrected chi connectivity index (χ4v) is 4.07. The molecule has 2 N–H and O–H groups in total. The van der Waals surface area contributed by atoms with E-state index in [-0.39, 0.29) is 62.9 Å². The van der Waals surface area contributed by atoms with Crippen LogP contribution in [-0.2, 0) is 19.1 Å². The molecule has 1 saturated heterocycles. The second-order valence-electron chi connectivity index (χ2n) is 9.66. The zero-order valence-corrected chi connectivity index (χ0v) is 20.6. The van der Waals surface area contributed by atoms with Gasteiger partial charge in [0.25, 0.3) is 0 Å². The summed E-state index contributed by atoms with van der Waals surface area (Å²) in [5.74, 6) is -0.425. The van der Waals surface area contributed by atoms with Crippen LogP contribution in [0.25, 0.3) is 0 Å². The molecule has 0 unspecified atom stereocenters. The predicted molar refractivity (Wildman–Crippen MR) is 123 cm³/mol. The van der Waals surface area contributed by atoms with Crippen LogP contribution in [0, 0.1) is 5.92 Å². The second-order valence-corrected chi connectivity index (χ2v) is 9.66. The van der Waals surface area contributed by atoms with Gasteiger partial charge in [0.2, 0.25) is 0 Å². The number of ether oxygens (including phenoxy) is 2. The molecular formula is C23H38N4O6. The largest absolute Gasteiger partial charge is 0.445 e. The third kappa shape index (κ3) is 6.77.